The number of hydrogen-bond acceptors (Lipinski definition) is 5. The molecule has 0 atom stereocenters. The molecule has 1 amide bonds. The summed E-state index contributed by atoms with van der Waals surface area (Å²) in [5.41, 5.74) is 0.645. The van der Waals surface area contributed by atoms with Crippen molar-refractivity contribution < 1.29 is 13.9 Å². The lowest BCUT2D eigenvalue weighted by molar-refractivity contribution is -0.132. The maximum absolute atomic E-state index is 13.6. The minimum atomic E-state index is -0.260. The number of hydrogen-bond donors (Lipinski definition) is 1. The van der Waals surface area contributed by atoms with Crippen molar-refractivity contribution in [1.82, 2.24) is 25.5 Å². The van der Waals surface area contributed by atoms with Gasteiger partial charge >= 0.3 is 0 Å². The highest BCUT2D eigenvalue weighted by atomic mass is 19.1. The number of nitrogens with zero attached hydrogens (tertiary/aromatic N) is 4. The van der Waals surface area contributed by atoms with Crippen molar-refractivity contribution in [3.8, 4) is 5.75 Å². The number of carbonyl (C=O) groups excluding carboxylic acids is 1. The van der Waals surface area contributed by atoms with Gasteiger partial charge in [-0.15, -0.1) is 10.2 Å². The van der Waals surface area contributed by atoms with Gasteiger partial charge in [0.25, 0.3) is 0 Å². The van der Waals surface area contributed by atoms with Crippen LogP contribution in [0.5, 0.6) is 5.75 Å². The van der Waals surface area contributed by atoms with Crippen LogP contribution in [0.25, 0.3) is 0 Å². The van der Waals surface area contributed by atoms with E-state index in [9.17, 15) is 9.18 Å². The molecule has 1 aliphatic rings. The van der Waals surface area contributed by atoms with Crippen molar-refractivity contribution in [2.75, 3.05) is 13.1 Å². The number of benzene rings is 1. The Kier molecular flexibility index (Phi) is 5.20. The fraction of sp³-hybridized carbons (Fsp3) is 0.556. The molecule has 1 aromatic heterocycles. The van der Waals surface area contributed by atoms with Crippen molar-refractivity contribution in [1.29, 1.82) is 0 Å². The number of aromatic amines is 1. The molecule has 140 valence electrons. The molecule has 0 saturated carbocycles. The summed E-state index contributed by atoms with van der Waals surface area (Å²) in [5.74, 6) is 0.844. The van der Waals surface area contributed by atoms with Crippen molar-refractivity contribution in [2.24, 2.45) is 0 Å². The van der Waals surface area contributed by atoms with Crippen molar-refractivity contribution in [3.05, 3.63) is 35.4 Å². The van der Waals surface area contributed by atoms with Gasteiger partial charge in [0, 0.05) is 31.5 Å². The Labute approximate surface area is 151 Å². The van der Waals surface area contributed by atoms with Gasteiger partial charge in [0.15, 0.2) is 5.82 Å². The quantitative estimate of drug-likeness (QED) is 0.903. The van der Waals surface area contributed by atoms with E-state index in [1.165, 1.54) is 6.07 Å². The largest absolute Gasteiger partial charge is 0.490 e. The van der Waals surface area contributed by atoms with Crippen molar-refractivity contribution in [3.63, 3.8) is 0 Å². The summed E-state index contributed by atoms with van der Waals surface area (Å²) in [6.07, 6.45) is 1.63. The van der Waals surface area contributed by atoms with Crippen LogP contribution in [0.3, 0.4) is 0 Å². The Morgan fingerprint density at radius 2 is 2.08 bits per heavy atom. The molecule has 1 saturated heterocycles. The molecular formula is C18H24FN5O2. The first-order valence-corrected chi connectivity index (χ1v) is 8.80. The van der Waals surface area contributed by atoms with Gasteiger partial charge in [-0.05, 0) is 23.6 Å². The zero-order chi connectivity index (χ0) is 18.7. The second kappa shape index (κ2) is 7.39. The second-order valence-corrected chi connectivity index (χ2v) is 7.59. The van der Waals surface area contributed by atoms with E-state index in [1.807, 2.05) is 20.8 Å². The standard InChI is InChI=1S/C18H24FN5O2/c1-18(2,3)14-10-12(19)4-5-15(14)26-13-6-8-24(9-7-13)17(25)11-16-20-22-23-21-16/h4-5,10,13H,6-9,11H2,1-3H3,(H,20,21,22,23). The van der Waals surface area contributed by atoms with Gasteiger partial charge in [0.05, 0.1) is 6.42 Å². The summed E-state index contributed by atoms with van der Waals surface area (Å²) in [6.45, 7) is 7.34. The first kappa shape index (κ1) is 18.3. The summed E-state index contributed by atoms with van der Waals surface area (Å²) in [7, 11) is 0. The molecule has 0 unspecified atom stereocenters. The number of tetrazole rings is 1. The van der Waals surface area contributed by atoms with E-state index in [-0.39, 0.29) is 29.7 Å². The highest BCUT2D eigenvalue weighted by Crippen LogP contribution is 2.33. The summed E-state index contributed by atoms with van der Waals surface area (Å²) in [6, 6.07) is 4.66. The van der Waals surface area contributed by atoms with Gasteiger partial charge in [-0.2, -0.15) is 5.21 Å². The Morgan fingerprint density at radius 1 is 1.35 bits per heavy atom. The van der Waals surface area contributed by atoms with E-state index in [0.717, 1.165) is 24.2 Å². The Hall–Kier alpha value is -2.51. The average molecular weight is 361 g/mol. The fourth-order valence-corrected chi connectivity index (χ4v) is 3.10. The third kappa shape index (κ3) is 4.36. The maximum atomic E-state index is 13.6. The van der Waals surface area contributed by atoms with Crippen LogP contribution in [0.15, 0.2) is 18.2 Å². The summed E-state index contributed by atoms with van der Waals surface area (Å²) >= 11 is 0. The van der Waals surface area contributed by atoms with E-state index in [2.05, 4.69) is 20.6 Å². The Bertz CT molecular complexity index is 749. The third-order valence-corrected chi connectivity index (χ3v) is 4.54. The third-order valence-electron chi connectivity index (χ3n) is 4.54. The van der Waals surface area contributed by atoms with E-state index in [1.54, 1.807) is 17.0 Å². The molecule has 2 aromatic rings. The lowest BCUT2D eigenvalue weighted by Crippen LogP contribution is -2.42. The number of aromatic nitrogens is 4. The van der Waals surface area contributed by atoms with Crippen LogP contribution in [-0.2, 0) is 16.6 Å². The molecule has 8 heteroatoms. The smallest absolute Gasteiger partial charge is 0.230 e. The van der Waals surface area contributed by atoms with Gasteiger partial charge in [0.2, 0.25) is 5.91 Å². The number of carbonyl (C=O) groups is 1. The number of rotatable bonds is 4. The number of nitrogens with one attached hydrogen (secondary N) is 1. The van der Waals surface area contributed by atoms with Crippen LogP contribution in [0.1, 0.15) is 45.0 Å². The average Bonchev–Trinajstić information content (AvgIpc) is 3.09. The molecule has 1 N–H and O–H groups in total. The van der Waals surface area contributed by atoms with Gasteiger partial charge in [-0.3, -0.25) is 4.79 Å². The molecule has 1 aliphatic heterocycles. The molecule has 0 aliphatic carbocycles. The number of halogens is 1. The minimum Gasteiger partial charge on any atom is -0.490 e. The predicted octanol–water partition coefficient (Wildman–Crippen LogP) is 2.25. The normalized spacial score (nSPS) is 15.9. The molecule has 1 fully saturated rings. The number of piperidine rings is 1. The fourth-order valence-electron chi connectivity index (χ4n) is 3.10. The van der Waals surface area contributed by atoms with Crippen LogP contribution < -0.4 is 4.74 Å². The first-order chi connectivity index (χ1) is 12.3. The Balaban J connectivity index is 1.58. The van der Waals surface area contributed by atoms with Crippen LogP contribution >= 0.6 is 0 Å². The van der Waals surface area contributed by atoms with Gasteiger partial charge in [-0.1, -0.05) is 26.0 Å². The highest BCUT2D eigenvalue weighted by molar-refractivity contribution is 5.78. The molecule has 7 nitrogen and oxygen atoms in total. The lowest BCUT2D eigenvalue weighted by Gasteiger charge is -2.33. The monoisotopic (exact) mass is 361 g/mol. The van der Waals surface area contributed by atoms with E-state index < -0.39 is 0 Å². The van der Waals surface area contributed by atoms with E-state index in [4.69, 9.17) is 4.74 Å². The second-order valence-electron chi connectivity index (χ2n) is 7.59. The van der Waals surface area contributed by atoms with Gasteiger partial charge in [-0.25, -0.2) is 4.39 Å². The number of ether oxygens (including phenoxy) is 1. The summed E-state index contributed by atoms with van der Waals surface area (Å²) in [5, 5.41) is 13.4. The summed E-state index contributed by atoms with van der Waals surface area (Å²) < 4.78 is 19.8. The zero-order valence-corrected chi connectivity index (χ0v) is 15.3. The van der Waals surface area contributed by atoms with Crippen LogP contribution in [-0.4, -0.2) is 50.6 Å². The summed E-state index contributed by atoms with van der Waals surface area (Å²) in [4.78, 5) is 14.1. The molecule has 0 spiro atoms. The number of amides is 1. The maximum Gasteiger partial charge on any atom is 0.230 e. The van der Waals surface area contributed by atoms with Crippen molar-refractivity contribution in [2.45, 2.75) is 51.6 Å². The molecular weight excluding hydrogens is 337 g/mol. The molecule has 1 aromatic carbocycles. The van der Waals surface area contributed by atoms with Crippen LogP contribution in [0.2, 0.25) is 0 Å². The van der Waals surface area contributed by atoms with Gasteiger partial charge < -0.3 is 9.64 Å². The topological polar surface area (TPSA) is 84.0 Å². The molecule has 3 rings (SSSR count). The predicted molar refractivity (Wildman–Crippen MR) is 93.2 cm³/mol. The number of likely N-dealkylation sites (tertiary alicyclic amines) is 1. The van der Waals surface area contributed by atoms with Crippen LogP contribution in [0.4, 0.5) is 4.39 Å². The molecule has 2 heterocycles. The number of H-pyrrole nitrogens is 1. The van der Waals surface area contributed by atoms with Gasteiger partial charge in [0.1, 0.15) is 17.7 Å². The van der Waals surface area contributed by atoms with E-state index in [0.29, 0.717) is 18.9 Å². The highest BCUT2D eigenvalue weighted by Gasteiger charge is 2.27. The molecule has 0 radical (unpaired) electrons. The SMILES string of the molecule is CC(C)(C)c1cc(F)ccc1OC1CCN(C(=O)Cc2nn[nH]n2)CC1. The minimum absolute atomic E-state index is 0.00999. The molecule has 26 heavy (non-hydrogen) atoms. The van der Waals surface area contributed by atoms with E-state index >= 15 is 0 Å². The first-order valence-electron chi connectivity index (χ1n) is 8.80. The molecule has 0 bridgehead atoms. The lowest BCUT2D eigenvalue weighted by atomic mass is 9.86. The Morgan fingerprint density at radius 3 is 2.69 bits per heavy atom. The van der Waals surface area contributed by atoms with Crippen molar-refractivity contribution >= 4 is 5.91 Å². The zero-order valence-electron chi connectivity index (χ0n) is 15.3. The van der Waals surface area contributed by atoms with Crippen LogP contribution in [0, 0.1) is 5.82 Å².